The van der Waals surface area contributed by atoms with Gasteiger partial charge in [-0.25, -0.2) is 0 Å². The van der Waals surface area contributed by atoms with Crippen molar-refractivity contribution in [2.75, 3.05) is 26.3 Å². The van der Waals surface area contributed by atoms with E-state index in [2.05, 4.69) is 22.0 Å². The fourth-order valence-corrected chi connectivity index (χ4v) is 5.04. The van der Waals surface area contributed by atoms with Crippen LogP contribution >= 0.6 is 0 Å². The molecule has 3 heterocycles. The number of aromatic nitrogens is 2. The van der Waals surface area contributed by atoms with Gasteiger partial charge in [-0.2, -0.15) is 4.98 Å². The molecular formula is C19H31N3O3. The molecule has 1 saturated carbocycles. The topological polar surface area (TPSA) is 71.6 Å². The maximum absolute atomic E-state index is 11.3. The number of ether oxygens (including phenoxy) is 1. The molecule has 25 heavy (non-hydrogen) atoms. The summed E-state index contributed by atoms with van der Waals surface area (Å²) in [5.41, 5.74) is -0.549. The second-order valence-electron chi connectivity index (χ2n) is 8.29. The van der Waals surface area contributed by atoms with E-state index in [0.29, 0.717) is 11.8 Å². The highest BCUT2D eigenvalue weighted by molar-refractivity contribution is 4.99. The van der Waals surface area contributed by atoms with E-state index in [1.807, 2.05) is 0 Å². The zero-order chi connectivity index (χ0) is 17.3. The molecule has 0 bridgehead atoms. The minimum absolute atomic E-state index is 0.255. The highest BCUT2D eigenvalue weighted by Crippen LogP contribution is 2.39. The lowest BCUT2D eigenvalue weighted by atomic mass is 9.70. The number of rotatable bonds is 4. The van der Waals surface area contributed by atoms with Crippen molar-refractivity contribution in [1.29, 1.82) is 0 Å². The molecule has 0 amide bonds. The standard InChI is InChI=1S/C19H31N3O3/c1-14-12-22(9-8-19(14,23)16-6-10-24-11-7-16)13-17-20-18(25-21-17)15-4-2-3-5-15/h14-16,23H,2-13H2,1H3/t14-,19+/m1/s1. The van der Waals surface area contributed by atoms with Crippen molar-refractivity contribution >= 4 is 0 Å². The first-order valence-corrected chi connectivity index (χ1v) is 10.00. The van der Waals surface area contributed by atoms with Gasteiger partial charge in [0.15, 0.2) is 5.82 Å². The first-order valence-electron chi connectivity index (χ1n) is 10.00. The molecule has 1 aromatic heterocycles. The van der Waals surface area contributed by atoms with Crippen LogP contribution < -0.4 is 0 Å². The second-order valence-corrected chi connectivity index (χ2v) is 8.29. The third kappa shape index (κ3) is 3.62. The van der Waals surface area contributed by atoms with Crippen molar-refractivity contribution in [1.82, 2.24) is 15.0 Å². The van der Waals surface area contributed by atoms with Crippen LogP contribution in [-0.4, -0.2) is 52.1 Å². The second kappa shape index (κ2) is 7.33. The first kappa shape index (κ1) is 17.4. The summed E-state index contributed by atoms with van der Waals surface area (Å²) in [5, 5.41) is 15.5. The molecule has 4 rings (SSSR count). The van der Waals surface area contributed by atoms with Gasteiger partial charge in [0.05, 0.1) is 12.1 Å². The molecule has 2 atom stereocenters. The van der Waals surface area contributed by atoms with E-state index in [9.17, 15) is 5.11 Å². The van der Waals surface area contributed by atoms with Crippen LogP contribution in [0.4, 0.5) is 0 Å². The van der Waals surface area contributed by atoms with Gasteiger partial charge in [0.25, 0.3) is 0 Å². The van der Waals surface area contributed by atoms with Crippen LogP contribution in [0.15, 0.2) is 4.52 Å². The Balaban J connectivity index is 1.34. The van der Waals surface area contributed by atoms with E-state index in [1.54, 1.807) is 0 Å². The van der Waals surface area contributed by atoms with Crippen molar-refractivity contribution in [3.8, 4) is 0 Å². The minimum atomic E-state index is -0.549. The van der Waals surface area contributed by atoms with Crippen LogP contribution in [0.5, 0.6) is 0 Å². The van der Waals surface area contributed by atoms with E-state index in [4.69, 9.17) is 9.26 Å². The summed E-state index contributed by atoms with van der Waals surface area (Å²) < 4.78 is 11.0. The first-order chi connectivity index (χ1) is 12.1. The third-order valence-electron chi connectivity index (χ3n) is 6.70. The highest BCUT2D eigenvalue weighted by Gasteiger charge is 2.45. The minimum Gasteiger partial charge on any atom is -0.389 e. The van der Waals surface area contributed by atoms with Gasteiger partial charge in [-0.15, -0.1) is 0 Å². The van der Waals surface area contributed by atoms with Crippen molar-refractivity contribution in [2.24, 2.45) is 11.8 Å². The SMILES string of the molecule is C[C@@H]1CN(Cc2noc(C3CCCC3)n2)CC[C@@]1(O)C1CCOCC1. The molecule has 6 nitrogen and oxygen atoms in total. The van der Waals surface area contributed by atoms with Gasteiger partial charge in [-0.3, -0.25) is 4.90 Å². The Hall–Kier alpha value is -0.980. The van der Waals surface area contributed by atoms with E-state index in [1.165, 1.54) is 25.7 Å². The van der Waals surface area contributed by atoms with Crippen molar-refractivity contribution < 1.29 is 14.4 Å². The third-order valence-corrected chi connectivity index (χ3v) is 6.70. The Morgan fingerprint density at radius 3 is 2.68 bits per heavy atom. The van der Waals surface area contributed by atoms with Gasteiger partial charge in [-0.1, -0.05) is 24.9 Å². The summed E-state index contributed by atoms with van der Waals surface area (Å²) in [6, 6.07) is 0. The normalized spacial score (nSPS) is 33.1. The molecule has 0 unspecified atom stereocenters. The number of aliphatic hydroxyl groups is 1. The van der Waals surface area contributed by atoms with Crippen LogP contribution in [-0.2, 0) is 11.3 Å². The molecule has 1 aliphatic carbocycles. The number of likely N-dealkylation sites (tertiary alicyclic amines) is 1. The van der Waals surface area contributed by atoms with Crippen LogP contribution in [0, 0.1) is 11.8 Å². The Kier molecular flexibility index (Phi) is 5.11. The average Bonchev–Trinajstić information content (AvgIpc) is 3.30. The number of piperidine rings is 1. The molecule has 1 N–H and O–H groups in total. The molecule has 0 radical (unpaired) electrons. The van der Waals surface area contributed by atoms with Gasteiger partial charge in [0, 0.05) is 32.2 Å². The summed E-state index contributed by atoms with van der Waals surface area (Å²) in [7, 11) is 0. The molecule has 3 fully saturated rings. The maximum atomic E-state index is 11.3. The maximum Gasteiger partial charge on any atom is 0.229 e. The van der Waals surface area contributed by atoms with Gasteiger partial charge in [0.1, 0.15) is 0 Å². The lowest BCUT2D eigenvalue weighted by Crippen LogP contribution is -2.55. The van der Waals surface area contributed by atoms with Crippen LogP contribution in [0.1, 0.15) is 69.5 Å². The smallest absolute Gasteiger partial charge is 0.229 e. The lowest BCUT2D eigenvalue weighted by molar-refractivity contribution is -0.132. The van der Waals surface area contributed by atoms with Crippen molar-refractivity contribution in [3.63, 3.8) is 0 Å². The summed E-state index contributed by atoms with van der Waals surface area (Å²) in [6.07, 6.45) is 7.70. The van der Waals surface area contributed by atoms with Gasteiger partial charge in [-0.05, 0) is 43.9 Å². The quantitative estimate of drug-likeness (QED) is 0.901. The van der Waals surface area contributed by atoms with E-state index >= 15 is 0 Å². The van der Waals surface area contributed by atoms with E-state index < -0.39 is 5.60 Å². The van der Waals surface area contributed by atoms with Crippen molar-refractivity contribution in [2.45, 2.75) is 69.9 Å². The molecule has 2 aliphatic heterocycles. The van der Waals surface area contributed by atoms with Gasteiger partial charge >= 0.3 is 0 Å². The fraction of sp³-hybridized carbons (Fsp3) is 0.895. The number of hydrogen-bond donors (Lipinski definition) is 1. The molecule has 0 aromatic carbocycles. The Bertz CT molecular complexity index is 566. The van der Waals surface area contributed by atoms with E-state index in [0.717, 1.165) is 63.8 Å². The molecule has 140 valence electrons. The average molecular weight is 349 g/mol. The predicted octanol–water partition coefficient (Wildman–Crippen LogP) is 2.73. The molecule has 0 spiro atoms. The largest absolute Gasteiger partial charge is 0.389 e. The van der Waals surface area contributed by atoms with Crippen LogP contribution in [0.3, 0.4) is 0 Å². The monoisotopic (exact) mass is 349 g/mol. The highest BCUT2D eigenvalue weighted by atomic mass is 16.5. The molecule has 1 aromatic rings. The molecule has 3 aliphatic rings. The van der Waals surface area contributed by atoms with Gasteiger partial charge in [0.2, 0.25) is 5.89 Å². The predicted molar refractivity (Wildman–Crippen MR) is 93.1 cm³/mol. The summed E-state index contributed by atoms with van der Waals surface area (Å²) >= 11 is 0. The zero-order valence-electron chi connectivity index (χ0n) is 15.3. The Labute approximate surface area is 149 Å². The van der Waals surface area contributed by atoms with Crippen LogP contribution in [0.2, 0.25) is 0 Å². The summed E-state index contributed by atoms with van der Waals surface area (Å²) in [6.45, 7) is 6.27. The Morgan fingerprint density at radius 1 is 1.20 bits per heavy atom. The summed E-state index contributed by atoms with van der Waals surface area (Å²) in [4.78, 5) is 7.00. The zero-order valence-corrected chi connectivity index (χ0v) is 15.3. The van der Waals surface area contributed by atoms with Crippen molar-refractivity contribution in [3.05, 3.63) is 11.7 Å². The number of nitrogens with zero attached hydrogens (tertiary/aromatic N) is 3. The fourth-order valence-electron chi connectivity index (χ4n) is 5.04. The molecule has 2 saturated heterocycles. The molecular weight excluding hydrogens is 318 g/mol. The summed E-state index contributed by atoms with van der Waals surface area (Å²) in [5.74, 6) is 2.73. The van der Waals surface area contributed by atoms with Gasteiger partial charge < -0.3 is 14.4 Å². The molecule has 6 heteroatoms. The van der Waals surface area contributed by atoms with E-state index in [-0.39, 0.29) is 5.92 Å². The Morgan fingerprint density at radius 2 is 1.96 bits per heavy atom. The number of hydrogen-bond acceptors (Lipinski definition) is 6. The van der Waals surface area contributed by atoms with Crippen LogP contribution in [0.25, 0.3) is 0 Å². The lowest BCUT2D eigenvalue weighted by Gasteiger charge is -2.48.